The molecule has 0 saturated heterocycles. The summed E-state index contributed by atoms with van der Waals surface area (Å²) in [6.07, 6.45) is 2.15. The zero-order valence-corrected chi connectivity index (χ0v) is 17.1. The van der Waals surface area contributed by atoms with Crippen molar-refractivity contribution in [2.45, 2.75) is 26.2 Å². The first-order valence-electron chi connectivity index (χ1n) is 8.14. The third-order valence-electron chi connectivity index (χ3n) is 3.82. The van der Waals surface area contributed by atoms with Gasteiger partial charge in [-0.1, -0.05) is 32.9 Å². The number of carbonyl (C=O) groups excluding carboxylic acids is 1. The van der Waals surface area contributed by atoms with Crippen LogP contribution in [0.1, 0.15) is 42.3 Å². The van der Waals surface area contributed by atoms with Gasteiger partial charge in [-0.05, 0) is 56.7 Å². The lowest BCUT2D eigenvalue weighted by Gasteiger charge is -2.19. The number of nitrogens with zero attached hydrogens (tertiary/aromatic N) is 1. The van der Waals surface area contributed by atoms with Crippen molar-refractivity contribution in [3.63, 3.8) is 0 Å². The lowest BCUT2D eigenvalue weighted by atomic mass is 9.87. The average Bonchev–Trinajstić information content (AvgIpc) is 2.61. The third-order valence-corrected chi connectivity index (χ3v) is 4.41. The molecule has 0 N–H and O–H groups in total. The van der Waals surface area contributed by atoms with Gasteiger partial charge < -0.3 is 9.47 Å². The molecule has 0 bridgehead atoms. The van der Waals surface area contributed by atoms with E-state index in [4.69, 9.17) is 9.47 Å². The van der Waals surface area contributed by atoms with Gasteiger partial charge in [0.1, 0.15) is 0 Å². The topological polar surface area (TPSA) is 78.7 Å². The summed E-state index contributed by atoms with van der Waals surface area (Å²) >= 11 is 3.32. The number of rotatable bonds is 5. The quantitative estimate of drug-likeness (QED) is 0.279. The van der Waals surface area contributed by atoms with Gasteiger partial charge in [-0.3, -0.25) is 10.1 Å². The molecule has 0 aliphatic rings. The maximum atomic E-state index is 12.5. The number of hydrogen-bond donors (Lipinski definition) is 0. The molecule has 142 valence electrons. The minimum Gasteiger partial charge on any atom is -0.493 e. The maximum absolute atomic E-state index is 12.5. The van der Waals surface area contributed by atoms with E-state index in [0.29, 0.717) is 15.6 Å². The van der Waals surface area contributed by atoms with Gasteiger partial charge in [0.15, 0.2) is 11.5 Å². The van der Waals surface area contributed by atoms with Gasteiger partial charge in [-0.25, -0.2) is 4.79 Å². The van der Waals surface area contributed by atoms with Crippen molar-refractivity contribution in [1.82, 2.24) is 0 Å². The summed E-state index contributed by atoms with van der Waals surface area (Å²) in [4.78, 5) is 22.4. The van der Waals surface area contributed by atoms with Crippen molar-refractivity contribution in [3.05, 3.63) is 73.9 Å². The second-order valence-corrected chi connectivity index (χ2v) is 7.71. The molecule has 0 saturated carbocycles. The van der Waals surface area contributed by atoms with E-state index in [1.807, 2.05) is 12.1 Å². The average molecular weight is 434 g/mol. The van der Waals surface area contributed by atoms with Crippen LogP contribution in [-0.2, 0) is 5.41 Å². The van der Waals surface area contributed by atoms with Crippen LogP contribution in [0.3, 0.4) is 0 Å². The number of ether oxygens (including phenoxy) is 2. The first-order chi connectivity index (χ1) is 12.6. The van der Waals surface area contributed by atoms with Crippen LogP contribution in [0.4, 0.5) is 0 Å². The standard InChI is InChI=1S/C20H20BrNO5/c1-20(2,3)15-7-5-14(6-8-15)19(23)27-18-16(21)11-13(9-10-22(24)25)12-17(18)26-4/h5-12H,1-4H3/b10-9+. The number of methoxy groups -OCH3 is 1. The minimum atomic E-state index is -0.560. The lowest BCUT2D eigenvalue weighted by molar-refractivity contribution is -0.400. The second kappa shape index (κ2) is 8.35. The Hall–Kier alpha value is -2.67. The highest BCUT2D eigenvalue weighted by molar-refractivity contribution is 9.10. The van der Waals surface area contributed by atoms with Crippen molar-refractivity contribution in [1.29, 1.82) is 0 Å². The van der Waals surface area contributed by atoms with E-state index in [1.165, 1.54) is 13.2 Å². The van der Waals surface area contributed by atoms with Crippen molar-refractivity contribution in [2.24, 2.45) is 0 Å². The summed E-state index contributed by atoms with van der Waals surface area (Å²) in [6.45, 7) is 6.28. The number of hydrogen-bond acceptors (Lipinski definition) is 5. The Bertz CT molecular complexity index is 882. The highest BCUT2D eigenvalue weighted by Gasteiger charge is 2.18. The van der Waals surface area contributed by atoms with Gasteiger partial charge in [0.2, 0.25) is 6.20 Å². The molecule has 2 rings (SSSR count). The SMILES string of the molecule is COc1cc(/C=C/[N+](=O)[O-])cc(Br)c1OC(=O)c1ccc(C(C)(C)C)cc1. The monoisotopic (exact) mass is 433 g/mol. The van der Waals surface area contributed by atoms with E-state index >= 15 is 0 Å². The largest absolute Gasteiger partial charge is 0.493 e. The molecule has 0 fully saturated rings. The third kappa shape index (κ3) is 5.40. The molecule has 2 aromatic carbocycles. The highest BCUT2D eigenvalue weighted by atomic mass is 79.9. The molecule has 0 radical (unpaired) electrons. The molecule has 0 aromatic heterocycles. The predicted molar refractivity (Wildman–Crippen MR) is 107 cm³/mol. The Balaban J connectivity index is 2.28. The van der Waals surface area contributed by atoms with Crippen LogP contribution in [-0.4, -0.2) is 18.0 Å². The number of halogens is 1. The van der Waals surface area contributed by atoms with Gasteiger partial charge in [0.25, 0.3) is 0 Å². The van der Waals surface area contributed by atoms with Crippen molar-refractivity contribution in [2.75, 3.05) is 7.11 Å². The zero-order chi connectivity index (χ0) is 20.2. The van der Waals surface area contributed by atoms with Crippen LogP contribution in [0.15, 0.2) is 47.1 Å². The van der Waals surface area contributed by atoms with E-state index in [0.717, 1.165) is 11.8 Å². The van der Waals surface area contributed by atoms with Crippen LogP contribution in [0.25, 0.3) is 6.08 Å². The summed E-state index contributed by atoms with van der Waals surface area (Å²) in [5.41, 5.74) is 2.04. The highest BCUT2D eigenvalue weighted by Crippen LogP contribution is 2.37. The normalized spacial score (nSPS) is 11.4. The summed E-state index contributed by atoms with van der Waals surface area (Å²) in [7, 11) is 1.43. The Morgan fingerprint density at radius 2 is 1.81 bits per heavy atom. The fourth-order valence-corrected chi connectivity index (χ4v) is 2.88. The Labute approximate surface area is 166 Å². The number of carbonyl (C=O) groups is 1. The smallest absolute Gasteiger partial charge is 0.343 e. The first-order valence-corrected chi connectivity index (χ1v) is 8.93. The first kappa shape index (κ1) is 20.6. The Kier molecular flexibility index (Phi) is 6.38. The van der Waals surface area contributed by atoms with Crippen molar-refractivity contribution < 1.29 is 19.2 Å². The van der Waals surface area contributed by atoms with E-state index in [9.17, 15) is 14.9 Å². The van der Waals surface area contributed by atoms with Crippen LogP contribution < -0.4 is 9.47 Å². The molecule has 0 unspecified atom stereocenters. The Morgan fingerprint density at radius 3 is 2.33 bits per heavy atom. The molecule has 0 amide bonds. The van der Waals surface area contributed by atoms with Crippen molar-refractivity contribution in [3.8, 4) is 11.5 Å². The second-order valence-electron chi connectivity index (χ2n) is 6.85. The zero-order valence-electron chi connectivity index (χ0n) is 15.5. The van der Waals surface area contributed by atoms with Gasteiger partial charge in [-0.2, -0.15) is 0 Å². The predicted octanol–water partition coefficient (Wildman–Crippen LogP) is 5.22. The van der Waals surface area contributed by atoms with Crippen LogP contribution in [0.2, 0.25) is 0 Å². The molecule has 0 aliphatic carbocycles. The lowest BCUT2D eigenvalue weighted by Crippen LogP contribution is -2.13. The molecule has 0 aliphatic heterocycles. The molecule has 6 nitrogen and oxygen atoms in total. The Morgan fingerprint density at radius 1 is 1.19 bits per heavy atom. The summed E-state index contributed by atoms with van der Waals surface area (Å²) in [5, 5.41) is 10.5. The number of esters is 1. The van der Waals surface area contributed by atoms with Crippen molar-refractivity contribution >= 4 is 28.0 Å². The van der Waals surface area contributed by atoms with E-state index in [1.54, 1.807) is 24.3 Å². The molecule has 0 heterocycles. The fourth-order valence-electron chi connectivity index (χ4n) is 2.34. The number of nitro groups is 1. The molecule has 0 spiro atoms. The summed E-state index contributed by atoms with van der Waals surface area (Å²) < 4.78 is 11.2. The van der Waals surface area contributed by atoms with Crippen LogP contribution in [0, 0.1) is 10.1 Å². The van der Waals surface area contributed by atoms with Gasteiger partial charge in [-0.15, -0.1) is 0 Å². The fraction of sp³-hybridized carbons (Fsp3) is 0.250. The molecule has 0 atom stereocenters. The molecule has 27 heavy (non-hydrogen) atoms. The summed E-state index contributed by atoms with van der Waals surface area (Å²) in [5.74, 6) is -0.0317. The summed E-state index contributed by atoms with van der Waals surface area (Å²) in [6, 6.07) is 10.4. The molecular weight excluding hydrogens is 414 g/mol. The maximum Gasteiger partial charge on any atom is 0.343 e. The van der Waals surface area contributed by atoms with Gasteiger partial charge >= 0.3 is 5.97 Å². The van der Waals surface area contributed by atoms with Gasteiger partial charge in [0.05, 0.1) is 22.1 Å². The van der Waals surface area contributed by atoms with E-state index in [2.05, 4.69) is 36.7 Å². The van der Waals surface area contributed by atoms with E-state index < -0.39 is 10.9 Å². The number of benzene rings is 2. The molecule has 7 heteroatoms. The van der Waals surface area contributed by atoms with Crippen LogP contribution in [0.5, 0.6) is 11.5 Å². The van der Waals surface area contributed by atoms with Crippen LogP contribution >= 0.6 is 15.9 Å². The van der Waals surface area contributed by atoms with Gasteiger partial charge in [0, 0.05) is 6.08 Å². The van der Waals surface area contributed by atoms with E-state index in [-0.39, 0.29) is 16.9 Å². The molecule has 2 aromatic rings. The molecular formula is C20H20BrNO5. The minimum absolute atomic E-state index is 0.0121.